The molecule has 39 heavy (non-hydrogen) atoms. The van der Waals surface area contributed by atoms with E-state index in [2.05, 4.69) is 0 Å². The number of benzene rings is 1. The fourth-order valence-corrected chi connectivity index (χ4v) is 3.95. The molecule has 0 saturated carbocycles. The minimum Gasteiger partial charge on any atom is -0.508 e. The first-order valence-electron chi connectivity index (χ1n) is 11.9. The zero-order valence-electron chi connectivity index (χ0n) is 22.0. The van der Waals surface area contributed by atoms with Crippen LogP contribution in [0, 0.1) is 11.8 Å². The number of methoxy groups -OCH3 is 4. The first kappa shape index (κ1) is 29.0. The molecule has 2 aliphatic carbocycles. The summed E-state index contributed by atoms with van der Waals surface area (Å²) in [5, 5.41) is 19.9. The number of Topliss-reactive ketones (excluding diaryl/α,β-unsaturated/α-hetero) is 2. The van der Waals surface area contributed by atoms with Gasteiger partial charge in [0, 0.05) is 11.8 Å². The predicted octanol–water partition coefficient (Wildman–Crippen LogP) is 2.91. The second-order valence-corrected chi connectivity index (χ2v) is 8.50. The summed E-state index contributed by atoms with van der Waals surface area (Å²) in [4.78, 5) is 37.4. The standard InChI is InChI=1S/C29H30O10/c1-35-23-11-17(12-24(36-2)27(23)32)9-20(15-30)21(16-39-29(34)19-5-7-22(31)8-6-19)10-18-13-25(37-3)28(33)26(14-18)38-4/h5-14,20-21,30-31H,15-16H2,1-4H3/t20-,21-/m0/s1. The fourth-order valence-electron chi connectivity index (χ4n) is 3.95. The van der Waals surface area contributed by atoms with Gasteiger partial charge >= 0.3 is 5.97 Å². The van der Waals surface area contributed by atoms with Crippen LogP contribution in [0.15, 0.2) is 94.9 Å². The van der Waals surface area contributed by atoms with Gasteiger partial charge in [-0.1, -0.05) is 12.2 Å². The van der Waals surface area contributed by atoms with E-state index < -0.39 is 29.4 Å². The van der Waals surface area contributed by atoms with Crippen LogP contribution in [-0.2, 0) is 33.3 Å². The minimum absolute atomic E-state index is 0.00683. The largest absolute Gasteiger partial charge is 0.508 e. The number of phenolic OH excluding ortho intramolecular Hbond substituents is 1. The molecule has 1 aromatic carbocycles. The predicted molar refractivity (Wildman–Crippen MR) is 139 cm³/mol. The fraction of sp³-hybridized carbons (Fsp3) is 0.276. The molecule has 0 bridgehead atoms. The van der Waals surface area contributed by atoms with Gasteiger partial charge in [0.25, 0.3) is 11.6 Å². The van der Waals surface area contributed by atoms with Crippen molar-refractivity contribution in [3.63, 3.8) is 0 Å². The number of rotatable bonds is 11. The van der Waals surface area contributed by atoms with Crippen molar-refractivity contribution in [1.29, 1.82) is 0 Å². The van der Waals surface area contributed by atoms with Crippen LogP contribution >= 0.6 is 0 Å². The van der Waals surface area contributed by atoms with Gasteiger partial charge in [-0.3, -0.25) is 9.59 Å². The average molecular weight is 539 g/mol. The van der Waals surface area contributed by atoms with Crippen LogP contribution in [0.25, 0.3) is 0 Å². The number of esters is 1. The number of allylic oxidation sites excluding steroid dienone is 6. The second kappa shape index (κ2) is 13.3. The molecule has 2 aliphatic rings. The topological polar surface area (TPSA) is 138 Å². The monoisotopic (exact) mass is 538 g/mol. The summed E-state index contributed by atoms with van der Waals surface area (Å²) in [5.74, 6) is -2.43. The van der Waals surface area contributed by atoms with E-state index in [1.54, 1.807) is 12.2 Å². The molecule has 0 fully saturated rings. The van der Waals surface area contributed by atoms with Crippen LogP contribution in [0.1, 0.15) is 10.4 Å². The van der Waals surface area contributed by atoms with Gasteiger partial charge in [0.05, 0.1) is 47.2 Å². The molecular weight excluding hydrogens is 508 g/mol. The van der Waals surface area contributed by atoms with Crippen molar-refractivity contribution >= 4 is 17.5 Å². The summed E-state index contributed by atoms with van der Waals surface area (Å²) in [6.45, 7) is -0.505. The van der Waals surface area contributed by atoms with Crippen molar-refractivity contribution in [2.75, 3.05) is 41.7 Å². The SMILES string of the molecule is COC1=CC(=C[C@@H](CO)[C@@H](C=C2C=C(OC)C(=O)C(OC)=C2)COC(=O)c2ccc(O)cc2)C=C(OC)C1=O. The zero-order chi connectivity index (χ0) is 28.5. The van der Waals surface area contributed by atoms with E-state index in [1.807, 2.05) is 0 Å². The molecule has 0 unspecified atom stereocenters. The number of ketones is 2. The Labute approximate surface area is 225 Å². The van der Waals surface area contributed by atoms with Gasteiger partial charge in [-0.05, 0) is 59.7 Å². The van der Waals surface area contributed by atoms with Crippen molar-refractivity contribution in [3.8, 4) is 5.75 Å². The molecule has 0 aliphatic heterocycles. The first-order valence-corrected chi connectivity index (χ1v) is 11.9. The van der Waals surface area contributed by atoms with E-state index in [-0.39, 0.29) is 47.6 Å². The number of ether oxygens (including phenoxy) is 5. The van der Waals surface area contributed by atoms with Crippen molar-refractivity contribution in [3.05, 3.63) is 100 Å². The lowest BCUT2D eigenvalue weighted by atomic mass is 9.87. The smallest absolute Gasteiger partial charge is 0.338 e. The Morgan fingerprint density at radius 1 is 0.744 bits per heavy atom. The molecule has 2 N–H and O–H groups in total. The Hall–Kier alpha value is -4.57. The van der Waals surface area contributed by atoms with Crippen molar-refractivity contribution < 1.29 is 48.3 Å². The molecule has 0 radical (unpaired) electrons. The van der Waals surface area contributed by atoms with Gasteiger partial charge in [-0.15, -0.1) is 0 Å². The highest BCUT2D eigenvalue weighted by Gasteiger charge is 2.27. The molecule has 0 amide bonds. The average Bonchev–Trinajstić information content (AvgIpc) is 2.95. The molecule has 0 heterocycles. The second-order valence-electron chi connectivity index (χ2n) is 8.50. The lowest BCUT2D eigenvalue weighted by Crippen LogP contribution is -2.24. The van der Waals surface area contributed by atoms with Crippen molar-refractivity contribution in [2.24, 2.45) is 11.8 Å². The molecule has 2 atom stereocenters. The maximum absolute atomic E-state index is 12.7. The molecule has 0 saturated heterocycles. The van der Waals surface area contributed by atoms with Gasteiger partial charge < -0.3 is 33.9 Å². The minimum atomic E-state index is -0.630. The summed E-state index contributed by atoms with van der Waals surface area (Å²) in [6.07, 6.45) is 9.51. The number of phenols is 1. The highest BCUT2D eigenvalue weighted by Crippen LogP contribution is 2.28. The van der Waals surface area contributed by atoms with E-state index in [4.69, 9.17) is 23.7 Å². The number of hydrogen-bond donors (Lipinski definition) is 2. The maximum Gasteiger partial charge on any atom is 0.338 e. The molecule has 0 spiro atoms. The molecule has 206 valence electrons. The first-order chi connectivity index (χ1) is 18.7. The Balaban J connectivity index is 2.01. The summed E-state index contributed by atoms with van der Waals surface area (Å²) in [7, 11) is 5.45. The Morgan fingerprint density at radius 3 is 1.54 bits per heavy atom. The highest BCUT2D eigenvalue weighted by molar-refractivity contribution is 6.08. The third-order valence-corrected chi connectivity index (χ3v) is 6.05. The molecule has 10 nitrogen and oxygen atoms in total. The lowest BCUT2D eigenvalue weighted by Gasteiger charge is -2.23. The molecule has 0 aromatic heterocycles. The van der Waals surface area contributed by atoms with E-state index in [0.717, 1.165) is 0 Å². The number of carbonyl (C=O) groups is 3. The summed E-state index contributed by atoms with van der Waals surface area (Å²) in [5.41, 5.74) is 1.30. The van der Waals surface area contributed by atoms with Crippen LogP contribution in [0.5, 0.6) is 5.75 Å². The van der Waals surface area contributed by atoms with Gasteiger partial charge in [0.1, 0.15) is 5.75 Å². The number of carbonyl (C=O) groups excluding carboxylic acids is 3. The van der Waals surface area contributed by atoms with E-state index in [0.29, 0.717) is 11.1 Å². The van der Waals surface area contributed by atoms with E-state index >= 15 is 0 Å². The van der Waals surface area contributed by atoms with Gasteiger partial charge in [0.2, 0.25) is 0 Å². The van der Waals surface area contributed by atoms with E-state index in [9.17, 15) is 24.6 Å². The summed E-state index contributed by atoms with van der Waals surface area (Å²) < 4.78 is 26.3. The Morgan fingerprint density at radius 2 is 1.15 bits per heavy atom. The van der Waals surface area contributed by atoms with Crippen LogP contribution in [0.4, 0.5) is 0 Å². The van der Waals surface area contributed by atoms with Crippen LogP contribution in [0.3, 0.4) is 0 Å². The number of aliphatic hydroxyl groups excluding tert-OH is 1. The molecule has 10 heteroatoms. The van der Waals surface area contributed by atoms with Gasteiger partial charge in [-0.2, -0.15) is 0 Å². The lowest BCUT2D eigenvalue weighted by molar-refractivity contribution is -0.118. The normalized spacial score (nSPS) is 16.6. The zero-order valence-corrected chi connectivity index (χ0v) is 22.0. The summed E-state index contributed by atoms with van der Waals surface area (Å²) in [6, 6.07) is 5.59. The van der Waals surface area contributed by atoms with Crippen LogP contribution in [-0.4, -0.2) is 69.4 Å². The molecule has 1 aromatic rings. The van der Waals surface area contributed by atoms with Crippen LogP contribution < -0.4 is 0 Å². The van der Waals surface area contributed by atoms with Crippen molar-refractivity contribution in [1.82, 2.24) is 0 Å². The molecular formula is C29H30O10. The number of aliphatic hydroxyl groups is 1. The Bertz CT molecular complexity index is 1240. The molecule has 3 rings (SSSR count). The van der Waals surface area contributed by atoms with Crippen LogP contribution in [0.2, 0.25) is 0 Å². The van der Waals surface area contributed by atoms with E-state index in [1.165, 1.54) is 77.0 Å². The third kappa shape index (κ3) is 7.05. The Kier molecular flexibility index (Phi) is 9.88. The number of aromatic hydroxyl groups is 1. The third-order valence-electron chi connectivity index (χ3n) is 6.05. The number of hydrogen-bond acceptors (Lipinski definition) is 10. The van der Waals surface area contributed by atoms with Gasteiger partial charge in [-0.25, -0.2) is 4.79 Å². The quantitative estimate of drug-likeness (QED) is 0.405. The summed E-state index contributed by atoms with van der Waals surface area (Å²) >= 11 is 0. The highest BCUT2D eigenvalue weighted by atomic mass is 16.5. The van der Waals surface area contributed by atoms with Gasteiger partial charge in [0.15, 0.2) is 23.0 Å². The van der Waals surface area contributed by atoms with Crippen molar-refractivity contribution in [2.45, 2.75) is 0 Å². The maximum atomic E-state index is 12.7.